The van der Waals surface area contributed by atoms with Gasteiger partial charge in [0.15, 0.2) is 0 Å². The first kappa shape index (κ1) is 5.43. The van der Waals surface area contributed by atoms with E-state index < -0.39 is 0 Å². The summed E-state index contributed by atoms with van der Waals surface area (Å²) in [6.45, 7) is 0.807. The minimum absolute atomic E-state index is 0.449. The zero-order chi connectivity index (χ0) is 5.11. The zero-order valence-electron chi connectivity index (χ0n) is 4.55. The van der Waals surface area contributed by atoms with Crippen LogP contribution in [0.5, 0.6) is 0 Å². The Morgan fingerprint density at radius 1 is 1.57 bits per heavy atom. The number of ether oxygens (including phenoxy) is 1. The number of hydrogen-bond donors (Lipinski definition) is 0. The van der Waals surface area contributed by atoms with E-state index in [1.165, 1.54) is 0 Å². The summed E-state index contributed by atoms with van der Waals surface area (Å²) in [7, 11) is 0. The van der Waals surface area contributed by atoms with Crippen molar-refractivity contribution in [2.75, 3.05) is 6.61 Å². The molecule has 0 bridgehead atoms. The summed E-state index contributed by atoms with van der Waals surface area (Å²) in [6.07, 6.45) is 5.30. The van der Waals surface area contributed by atoms with Gasteiger partial charge in [-0.1, -0.05) is 0 Å². The van der Waals surface area contributed by atoms with Crippen molar-refractivity contribution in [3.8, 4) is 0 Å². The molecule has 1 rings (SSSR count). The monoisotopic (exact) mass is 90.1 g/mol. The molecule has 1 nitrogen and oxygen atoms in total. The second-order valence-corrected chi connectivity index (χ2v) is 1.85. The van der Waals surface area contributed by atoms with Crippen molar-refractivity contribution in [3.63, 3.8) is 0 Å². The van der Waals surface area contributed by atoms with Crippen LogP contribution in [0, 0.1) is 0 Å². The van der Waals surface area contributed by atoms with Crippen molar-refractivity contribution < 1.29 is 4.74 Å². The van der Waals surface area contributed by atoms with Gasteiger partial charge in [-0.15, -0.1) is 0 Å². The van der Waals surface area contributed by atoms with Crippen LogP contribution in [0.3, 0.4) is 0 Å². The Kier molecular flexibility index (Phi) is 1.99. The van der Waals surface area contributed by atoms with Gasteiger partial charge in [-0.25, -0.2) is 0 Å². The van der Waals surface area contributed by atoms with E-state index in [9.17, 15) is 0 Å². The van der Waals surface area contributed by atoms with Gasteiger partial charge in [-0.05, 0) is 0 Å². The molecule has 34 valence electrons. The van der Waals surface area contributed by atoms with E-state index in [2.05, 4.69) is 29.9 Å². The second-order valence-electron chi connectivity index (χ2n) is 1.85. The normalized spacial score (nSPS) is 30.9. The molecule has 7 heavy (non-hydrogen) atoms. The Morgan fingerprint density at radius 2 is 2.43 bits per heavy atom. The van der Waals surface area contributed by atoms with Gasteiger partial charge < -0.3 is 0 Å². The van der Waals surface area contributed by atoms with Crippen molar-refractivity contribution in [1.82, 2.24) is 0 Å². The Bertz CT molecular complexity index is 80.1. The zero-order valence-corrected chi connectivity index (χ0v) is 4.55. The first-order valence-electron chi connectivity index (χ1n) is 2.66. The molecule has 1 unspecified atom stereocenters. The van der Waals surface area contributed by atoms with Gasteiger partial charge in [0.1, 0.15) is 0 Å². The van der Waals surface area contributed by atoms with E-state index in [-0.39, 0.29) is 0 Å². The molecule has 0 saturated carbocycles. The molecule has 0 radical (unpaired) electrons. The van der Waals surface area contributed by atoms with Gasteiger partial charge in [-0.3, -0.25) is 0 Å². The van der Waals surface area contributed by atoms with Crippen molar-refractivity contribution >= 4 is 17.7 Å². The molecule has 0 fully saturated rings. The van der Waals surface area contributed by atoms with Crippen LogP contribution in [0.1, 0.15) is 6.42 Å². The van der Waals surface area contributed by atoms with Crippen LogP contribution in [-0.4, -0.2) is 29.1 Å². The maximum absolute atomic E-state index is 5.19. The molecule has 1 aliphatic rings. The first-order valence-corrected chi connectivity index (χ1v) is 2.66. The Balaban J connectivity index is 2.32. The van der Waals surface area contributed by atoms with Crippen LogP contribution >= 0.6 is 0 Å². The molecule has 1 aliphatic heterocycles. The Morgan fingerprint density at radius 3 is 2.71 bits per heavy atom. The predicted octanol–water partition coefficient (Wildman–Crippen LogP) is 0.457. The summed E-state index contributed by atoms with van der Waals surface area (Å²) in [5, 5.41) is 0. The quantitative estimate of drug-likeness (QED) is 0.310. The fourth-order valence-electron chi connectivity index (χ4n) is 0.644. The molecular formula is C5H7LiO. The van der Waals surface area contributed by atoms with Crippen LogP contribution in [0.15, 0.2) is 12.2 Å². The van der Waals surface area contributed by atoms with Crippen LogP contribution in [-0.2, 0) is 4.74 Å². The molecule has 0 aliphatic carbocycles. The molecule has 0 N–H and O–H groups in total. The standard InChI is InChI=1S/C5H7O.Li/c1-2-4-6-5-3-1;/h1-2,5H,3-4H2;. The molecule has 0 amide bonds. The van der Waals surface area contributed by atoms with Crippen LogP contribution in [0.2, 0.25) is 0 Å². The second kappa shape index (κ2) is 2.57. The molecule has 1 heterocycles. The Hall–Kier alpha value is 0.297. The first-order chi connectivity index (χ1) is 3.39. The van der Waals surface area contributed by atoms with E-state index in [4.69, 9.17) is 4.74 Å². The molecule has 0 aromatic rings. The molecule has 0 aromatic carbocycles. The van der Waals surface area contributed by atoms with Crippen LogP contribution in [0.25, 0.3) is 0 Å². The van der Waals surface area contributed by atoms with E-state index >= 15 is 0 Å². The summed E-state index contributed by atoms with van der Waals surface area (Å²) in [5.41, 5.74) is 0. The summed E-state index contributed by atoms with van der Waals surface area (Å²) in [6, 6.07) is 0. The summed E-state index contributed by atoms with van der Waals surface area (Å²) in [5.74, 6) is 0. The van der Waals surface area contributed by atoms with Gasteiger partial charge in [0.25, 0.3) is 0 Å². The maximum atomic E-state index is 5.19. The SMILES string of the molecule is [Li][CH]1CC=CCO1. The fraction of sp³-hybridized carbons (Fsp3) is 0.600. The van der Waals surface area contributed by atoms with Gasteiger partial charge in [0.2, 0.25) is 0 Å². The number of rotatable bonds is 0. The average Bonchev–Trinajstić information content (AvgIpc) is 1.69. The topological polar surface area (TPSA) is 9.23 Å². The van der Waals surface area contributed by atoms with Crippen LogP contribution < -0.4 is 0 Å². The Labute approximate surface area is 52.9 Å². The predicted molar refractivity (Wildman–Crippen MR) is 29.3 cm³/mol. The van der Waals surface area contributed by atoms with Gasteiger partial charge in [-0.2, -0.15) is 0 Å². The van der Waals surface area contributed by atoms with Crippen molar-refractivity contribution in [1.29, 1.82) is 0 Å². The van der Waals surface area contributed by atoms with E-state index in [0.717, 1.165) is 13.0 Å². The van der Waals surface area contributed by atoms with E-state index in [1.54, 1.807) is 0 Å². The van der Waals surface area contributed by atoms with Crippen LogP contribution in [0.4, 0.5) is 0 Å². The van der Waals surface area contributed by atoms with Crippen molar-refractivity contribution in [2.24, 2.45) is 0 Å². The fourth-order valence-corrected chi connectivity index (χ4v) is 0.644. The summed E-state index contributed by atoms with van der Waals surface area (Å²) in [4.78, 5) is 0. The van der Waals surface area contributed by atoms with Gasteiger partial charge in [0, 0.05) is 0 Å². The summed E-state index contributed by atoms with van der Waals surface area (Å²) >= 11 is 2.09. The average molecular weight is 90.1 g/mol. The van der Waals surface area contributed by atoms with Gasteiger partial charge >= 0.3 is 52.4 Å². The third kappa shape index (κ3) is 1.69. The molecule has 1 atom stereocenters. The van der Waals surface area contributed by atoms with E-state index in [1.807, 2.05) is 0 Å². The number of hydrogen-bond acceptors (Lipinski definition) is 1. The molecule has 0 aromatic heterocycles. The molecular weight excluding hydrogens is 83.0 g/mol. The van der Waals surface area contributed by atoms with Crippen molar-refractivity contribution in [2.45, 2.75) is 11.2 Å². The summed E-state index contributed by atoms with van der Waals surface area (Å²) < 4.78 is 5.64. The minimum atomic E-state index is 0.449. The molecule has 0 saturated heterocycles. The van der Waals surface area contributed by atoms with E-state index in [0.29, 0.717) is 4.78 Å². The molecule has 0 spiro atoms. The molecule has 2 heteroatoms. The third-order valence-corrected chi connectivity index (χ3v) is 1.11. The third-order valence-electron chi connectivity index (χ3n) is 1.11. The van der Waals surface area contributed by atoms with Crippen molar-refractivity contribution in [3.05, 3.63) is 12.2 Å². The van der Waals surface area contributed by atoms with Gasteiger partial charge in [0.05, 0.1) is 0 Å².